The topological polar surface area (TPSA) is 58.6 Å². The summed E-state index contributed by atoms with van der Waals surface area (Å²) < 4.78 is 18.8. The van der Waals surface area contributed by atoms with Gasteiger partial charge in [0, 0.05) is 30.7 Å². The maximum absolute atomic E-state index is 13.6. The van der Waals surface area contributed by atoms with Crippen LogP contribution >= 0.6 is 0 Å². The first-order valence-corrected chi connectivity index (χ1v) is 6.90. The van der Waals surface area contributed by atoms with Crippen molar-refractivity contribution in [1.82, 2.24) is 5.32 Å². The third-order valence-electron chi connectivity index (χ3n) is 2.66. The van der Waals surface area contributed by atoms with Gasteiger partial charge in [0.2, 0.25) is 5.91 Å². The zero-order chi connectivity index (χ0) is 15.5. The zero-order valence-electron chi connectivity index (χ0n) is 12.1. The second kappa shape index (κ2) is 9.92. The van der Waals surface area contributed by atoms with E-state index in [1.807, 2.05) is 6.92 Å². The number of carbonyl (C=O) groups is 1. The number of amides is 1. The number of nitrogens with one attached hydrogen (secondary N) is 1. The molecule has 1 rings (SSSR count). The Morgan fingerprint density at radius 1 is 1.43 bits per heavy atom. The zero-order valence-corrected chi connectivity index (χ0v) is 12.1. The van der Waals surface area contributed by atoms with Crippen molar-refractivity contribution in [2.24, 2.45) is 0 Å². The average molecular weight is 293 g/mol. The fourth-order valence-electron chi connectivity index (χ4n) is 1.62. The van der Waals surface area contributed by atoms with Crippen molar-refractivity contribution < 1.29 is 19.0 Å². The van der Waals surface area contributed by atoms with Crippen LogP contribution in [0.2, 0.25) is 0 Å². The number of ether oxygens (including phenoxy) is 1. The summed E-state index contributed by atoms with van der Waals surface area (Å²) in [4.78, 5) is 11.6. The van der Waals surface area contributed by atoms with Crippen molar-refractivity contribution in [2.75, 3.05) is 19.8 Å². The summed E-state index contributed by atoms with van der Waals surface area (Å²) in [5, 5.41) is 11.3. The second-order valence-corrected chi connectivity index (χ2v) is 4.41. The van der Waals surface area contributed by atoms with E-state index in [1.54, 1.807) is 6.07 Å². The summed E-state index contributed by atoms with van der Waals surface area (Å²) in [6, 6.07) is 4.39. The van der Waals surface area contributed by atoms with Gasteiger partial charge in [0.15, 0.2) is 0 Å². The van der Waals surface area contributed by atoms with E-state index < -0.39 is 5.82 Å². The minimum atomic E-state index is -0.396. The van der Waals surface area contributed by atoms with Crippen LogP contribution in [0.15, 0.2) is 18.2 Å². The van der Waals surface area contributed by atoms with Crippen LogP contribution in [0.5, 0.6) is 0 Å². The highest BCUT2D eigenvalue weighted by Crippen LogP contribution is 2.10. The molecule has 1 amide bonds. The third-order valence-corrected chi connectivity index (χ3v) is 2.66. The van der Waals surface area contributed by atoms with Gasteiger partial charge in [-0.1, -0.05) is 18.8 Å². The van der Waals surface area contributed by atoms with Crippen LogP contribution in [0.3, 0.4) is 0 Å². The van der Waals surface area contributed by atoms with Gasteiger partial charge in [-0.05, 0) is 24.6 Å². The Kier molecular flexibility index (Phi) is 8.10. The van der Waals surface area contributed by atoms with Crippen molar-refractivity contribution in [1.29, 1.82) is 0 Å². The van der Waals surface area contributed by atoms with Crippen molar-refractivity contribution in [3.8, 4) is 11.8 Å². The molecule has 0 aliphatic rings. The first kappa shape index (κ1) is 17.2. The van der Waals surface area contributed by atoms with E-state index in [9.17, 15) is 9.18 Å². The number of aliphatic hydroxyl groups is 1. The third kappa shape index (κ3) is 6.89. The molecule has 114 valence electrons. The first-order valence-electron chi connectivity index (χ1n) is 6.90. The molecule has 1 aromatic rings. The van der Waals surface area contributed by atoms with E-state index in [2.05, 4.69) is 17.2 Å². The molecule has 0 saturated heterocycles. The summed E-state index contributed by atoms with van der Waals surface area (Å²) >= 11 is 0. The minimum absolute atomic E-state index is 0.104. The molecule has 1 aromatic carbocycles. The fraction of sp³-hybridized carbons (Fsp3) is 0.438. The van der Waals surface area contributed by atoms with Gasteiger partial charge >= 0.3 is 0 Å². The van der Waals surface area contributed by atoms with Gasteiger partial charge in [0.25, 0.3) is 0 Å². The normalized spacial score (nSPS) is 9.86. The Labute approximate surface area is 124 Å². The predicted octanol–water partition coefficient (Wildman–Crippen LogP) is 1.60. The minimum Gasteiger partial charge on any atom is -0.384 e. The Morgan fingerprint density at radius 3 is 2.95 bits per heavy atom. The first-order chi connectivity index (χ1) is 10.2. The molecule has 0 aromatic heterocycles. The molecule has 0 spiro atoms. The Hall–Kier alpha value is -1.90. The number of halogens is 1. The van der Waals surface area contributed by atoms with Gasteiger partial charge in [-0.3, -0.25) is 4.79 Å². The molecular formula is C16H20FNO3. The van der Waals surface area contributed by atoms with Gasteiger partial charge in [-0.25, -0.2) is 4.39 Å². The Bertz CT molecular complexity index is 520. The molecule has 4 nitrogen and oxygen atoms in total. The summed E-state index contributed by atoms with van der Waals surface area (Å²) in [5.74, 6) is 4.61. The molecule has 0 aliphatic heterocycles. The van der Waals surface area contributed by atoms with Crippen molar-refractivity contribution in [3.63, 3.8) is 0 Å². The van der Waals surface area contributed by atoms with Crippen LogP contribution in [0.4, 0.5) is 4.39 Å². The molecule has 0 atom stereocenters. The maximum atomic E-state index is 13.6. The smallest absolute Gasteiger partial charge is 0.222 e. The molecule has 0 saturated carbocycles. The number of carbonyl (C=O) groups excluding carboxylic acids is 1. The molecule has 2 N–H and O–H groups in total. The highest BCUT2D eigenvalue weighted by Gasteiger charge is 2.06. The van der Waals surface area contributed by atoms with Crippen LogP contribution in [0.25, 0.3) is 0 Å². The standard InChI is InChI=1S/C16H20FNO3/c1-2-9-21-10-7-16(20)18-12-14-11-13(4-3-8-19)5-6-15(14)17/h5-6,11,19H,2,7-10,12H2,1H3,(H,18,20). The van der Waals surface area contributed by atoms with Gasteiger partial charge in [-0.2, -0.15) is 0 Å². The lowest BCUT2D eigenvalue weighted by Gasteiger charge is -2.07. The van der Waals surface area contributed by atoms with Gasteiger partial charge < -0.3 is 15.2 Å². The number of aliphatic hydroxyl groups excluding tert-OH is 1. The number of benzene rings is 1. The van der Waals surface area contributed by atoms with Gasteiger partial charge in [0.05, 0.1) is 6.61 Å². The van der Waals surface area contributed by atoms with Crippen molar-refractivity contribution in [2.45, 2.75) is 26.3 Å². The second-order valence-electron chi connectivity index (χ2n) is 4.41. The maximum Gasteiger partial charge on any atom is 0.222 e. The van der Waals surface area contributed by atoms with E-state index in [-0.39, 0.29) is 25.5 Å². The van der Waals surface area contributed by atoms with Crippen LogP contribution in [0.1, 0.15) is 30.9 Å². The Balaban J connectivity index is 2.48. The van der Waals surface area contributed by atoms with Crippen LogP contribution in [-0.4, -0.2) is 30.8 Å². The van der Waals surface area contributed by atoms with Crippen LogP contribution in [-0.2, 0) is 16.1 Å². The monoisotopic (exact) mass is 293 g/mol. The fourth-order valence-corrected chi connectivity index (χ4v) is 1.62. The van der Waals surface area contributed by atoms with Crippen molar-refractivity contribution >= 4 is 5.91 Å². The highest BCUT2D eigenvalue weighted by atomic mass is 19.1. The molecule has 0 bridgehead atoms. The quantitative estimate of drug-likeness (QED) is 0.593. The SMILES string of the molecule is CCCOCCC(=O)NCc1cc(C#CCO)ccc1F. The number of hydrogen-bond donors (Lipinski definition) is 2. The molecule has 0 fully saturated rings. The molecule has 0 heterocycles. The Morgan fingerprint density at radius 2 is 2.24 bits per heavy atom. The summed E-state index contributed by atoms with van der Waals surface area (Å²) in [6.07, 6.45) is 1.17. The largest absolute Gasteiger partial charge is 0.384 e. The molecule has 0 radical (unpaired) electrons. The van der Waals surface area contributed by atoms with E-state index in [0.717, 1.165) is 6.42 Å². The summed E-state index contributed by atoms with van der Waals surface area (Å²) in [7, 11) is 0. The molecule has 0 unspecified atom stereocenters. The van der Waals surface area contributed by atoms with E-state index in [0.29, 0.717) is 24.3 Å². The average Bonchev–Trinajstić information content (AvgIpc) is 2.49. The molecule has 0 aliphatic carbocycles. The van der Waals surface area contributed by atoms with Gasteiger partial charge in [-0.15, -0.1) is 0 Å². The van der Waals surface area contributed by atoms with Crippen LogP contribution in [0, 0.1) is 17.7 Å². The van der Waals surface area contributed by atoms with Gasteiger partial charge in [0.1, 0.15) is 12.4 Å². The van der Waals surface area contributed by atoms with Crippen molar-refractivity contribution in [3.05, 3.63) is 35.1 Å². The van der Waals surface area contributed by atoms with E-state index in [4.69, 9.17) is 9.84 Å². The van der Waals surface area contributed by atoms with E-state index in [1.165, 1.54) is 12.1 Å². The lowest BCUT2D eigenvalue weighted by Crippen LogP contribution is -2.24. The number of hydrogen-bond acceptors (Lipinski definition) is 3. The molecular weight excluding hydrogens is 273 g/mol. The van der Waals surface area contributed by atoms with Crippen LogP contribution < -0.4 is 5.32 Å². The van der Waals surface area contributed by atoms with E-state index >= 15 is 0 Å². The summed E-state index contributed by atoms with van der Waals surface area (Å²) in [6.45, 7) is 2.85. The lowest BCUT2D eigenvalue weighted by molar-refractivity contribution is -0.122. The highest BCUT2D eigenvalue weighted by molar-refractivity contribution is 5.75. The lowest BCUT2D eigenvalue weighted by atomic mass is 10.1. The molecule has 21 heavy (non-hydrogen) atoms. The predicted molar refractivity (Wildman–Crippen MR) is 77.9 cm³/mol. The molecule has 5 heteroatoms. The summed E-state index contributed by atoms with van der Waals surface area (Å²) in [5.41, 5.74) is 0.962. The number of rotatable bonds is 7.